The lowest BCUT2D eigenvalue weighted by Gasteiger charge is -2.11. The summed E-state index contributed by atoms with van der Waals surface area (Å²) in [5, 5.41) is 12.2. The number of aromatic nitrogens is 1. The van der Waals surface area contributed by atoms with E-state index in [1.54, 1.807) is 18.2 Å². The topological polar surface area (TPSA) is 101 Å². The number of methoxy groups -OCH3 is 1. The third kappa shape index (κ3) is 3.22. The second-order valence-corrected chi connectivity index (χ2v) is 4.46. The molecule has 1 aromatic carbocycles. The van der Waals surface area contributed by atoms with Crippen molar-refractivity contribution >= 4 is 34.8 Å². The van der Waals surface area contributed by atoms with Crippen molar-refractivity contribution in [3.05, 3.63) is 46.6 Å². The van der Waals surface area contributed by atoms with Crippen molar-refractivity contribution in [2.45, 2.75) is 0 Å². The number of ether oxygens (including phenoxy) is 1. The Balaban J connectivity index is 2.39. The number of carbonyl (C=O) groups excluding carboxylic acids is 1. The van der Waals surface area contributed by atoms with Gasteiger partial charge in [0.25, 0.3) is 0 Å². The smallest absolute Gasteiger partial charge is 0.356 e. The maximum absolute atomic E-state index is 11.5. The Morgan fingerprint density at radius 3 is 2.86 bits per heavy atom. The molecule has 0 aliphatic heterocycles. The molecule has 0 aliphatic rings. The molecular weight excluding hydrogens is 292 g/mol. The molecule has 1 aromatic heterocycles. The molecule has 0 saturated carbocycles. The molecule has 0 aliphatic carbocycles. The van der Waals surface area contributed by atoms with E-state index in [1.807, 2.05) is 6.07 Å². The molecule has 0 fully saturated rings. The predicted octanol–water partition coefficient (Wildman–Crippen LogP) is 2.72. The van der Waals surface area contributed by atoms with Gasteiger partial charge in [0.1, 0.15) is 0 Å². The first-order valence-electron chi connectivity index (χ1n) is 5.86. The Morgan fingerprint density at radius 2 is 2.19 bits per heavy atom. The maximum atomic E-state index is 11.5. The van der Waals surface area contributed by atoms with Crippen LogP contribution in [0.2, 0.25) is 5.02 Å². The number of nitriles is 1. The summed E-state index contributed by atoms with van der Waals surface area (Å²) in [7, 11) is 1.26. The van der Waals surface area contributed by atoms with E-state index in [1.165, 1.54) is 19.2 Å². The molecule has 2 rings (SSSR count). The highest BCUT2D eigenvalue weighted by atomic mass is 35.5. The van der Waals surface area contributed by atoms with E-state index in [-0.39, 0.29) is 11.5 Å². The normalized spacial score (nSPS) is 9.76. The number of nitrogens with two attached hydrogens (primary N) is 1. The van der Waals surface area contributed by atoms with Gasteiger partial charge in [-0.1, -0.05) is 11.6 Å². The Labute approximate surface area is 126 Å². The van der Waals surface area contributed by atoms with Gasteiger partial charge in [0, 0.05) is 0 Å². The Bertz CT molecular complexity index is 740. The summed E-state index contributed by atoms with van der Waals surface area (Å²) in [5.74, 6) is -0.315. The van der Waals surface area contributed by atoms with Crippen LogP contribution in [0.3, 0.4) is 0 Å². The van der Waals surface area contributed by atoms with Gasteiger partial charge in [-0.15, -0.1) is 0 Å². The average Bonchev–Trinajstić information content (AvgIpc) is 2.50. The predicted molar refractivity (Wildman–Crippen MR) is 79.4 cm³/mol. The first-order chi connectivity index (χ1) is 10.0. The van der Waals surface area contributed by atoms with Crippen LogP contribution in [-0.4, -0.2) is 18.1 Å². The summed E-state index contributed by atoms with van der Waals surface area (Å²) in [6.45, 7) is 0. The van der Waals surface area contributed by atoms with Gasteiger partial charge in [-0.3, -0.25) is 0 Å². The van der Waals surface area contributed by atoms with Crippen LogP contribution in [0.4, 0.5) is 17.2 Å². The summed E-state index contributed by atoms with van der Waals surface area (Å²) < 4.78 is 4.60. The average molecular weight is 303 g/mol. The second kappa shape index (κ2) is 6.11. The summed E-state index contributed by atoms with van der Waals surface area (Å²) in [6, 6.07) is 9.74. The number of nitrogens with one attached hydrogen (secondary N) is 1. The van der Waals surface area contributed by atoms with Crippen LogP contribution in [0, 0.1) is 11.3 Å². The van der Waals surface area contributed by atoms with E-state index in [9.17, 15) is 4.79 Å². The van der Waals surface area contributed by atoms with Crippen LogP contribution >= 0.6 is 11.6 Å². The Morgan fingerprint density at radius 1 is 1.43 bits per heavy atom. The molecule has 0 spiro atoms. The van der Waals surface area contributed by atoms with E-state index >= 15 is 0 Å². The highest BCUT2D eigenvalue weighted by Gasteiger charge is 2.12. The van der Waals surface area contributed by atoms with Crippen LogP contribution in [0.5, 0.6) is 0 Å². The van der Waals surface area contributed by atoms with Crippen molar-refractivity contribution in [3.8, 4) is 6.07 Å². The fourth-order valence-corrected chi connectivity index (χ4v) is 1.77. The SMILES string of the molecule is COC(=O)c1ccc(N)c(Nc2cc(C#N)ccc2Cl)n1. The summed E-state index contributed by atoms with van der Waals surface area (Å²) in [4.78, 5) is 15.6. The molecule has 1 heterocycles. The molecule has 0 bridgehead atoms. The molecule has 6 nitrogen and oxygen atoms in total. The van der Waals surface area contributed by atoms with Crippen LogP contribution in [-0.2, 0) is 4.74 Å². The van der Waals surface area contributed by atoms with Gasteiger partial charge in [-0.2, -0.15) is 5.26 Å². The molecule has 0 atom stereocenters. The van der Waals surface area contributed by atoms with Crippen molar-refractivity contribution < 1.29 is 9.53 Å². The zero-order valence-electron chi connectivity index (χ0n) is 11.1. The zero-order valence-corrected chi connectivity index (χ0v) is 11.8. The number of pyridine rings is 1. The molecule has 3 N–H and O–H groups in total. The number of nitrogen functional groups attached to an aromatic ring is 1. The number of esters is 1. The van der Waals surface area contributed by atoms with Crippen molar-refractivity contribution in [3.63, 3.8) is 0 Å². The van der Waals surface area contributed by atoms with Gasteiger partial charge in [0.15, 0.2) is 11.5 Å². The minimum absolute atomic E-state index is 0.113. The lowest BCUT2D eigenvalue weighted by Crippen LogP contribution is -2.08. The number of carbonyl (C=O) groups is 1. The Kier molecular flexibility index (Phi) is 4.26. The highest BCUT2D eigenvalue weighted by molar-refractivity contribution is 6.33. The van der Waals surface area contributed by atoms with Crippen LogP contribution in [0.15, 0.2) is 30.3 Å². The van der Waals surface area contributed by atoms with E-state index in [4.69, 9.17) is 22.6 Å². The van der Waals surface area contributed by atoms with Crippen molar-refractivity contribution in [2.24, 2.45) is 0 Å². The van der Waals surface area contributed by atoms with Crippen LogP contribution < -0.4 is 11.1 Å². The molecule has 2 aromatic rings. The monoisotopic (exact) mass is 302 g/mol. The number of rotatable bonds is 3. The number of nitrogens with zero attached hydrogens (tertiary/aromatic N) is 2. The zero-order chi connectivity index (χ0) is 15.4. The van der Waals surface area contributed by atoms with Gasteiger partial charge in [-0.25, -0.2) is 9.78 Å². The minimum Gasteiger partial charge on any atom is -0.464 e. The first kappa shape index (κ1) is 14.6. The lowest BCUT2D eigenvalue weighted by molar-refractivity contribution is 0.0594. The van der Waals surface area contributed by atoms with E-state index in [0.29, 0.717) is 22.0 Å². The van der Waals surface area contributed by atoms with Crippen molar-refractivity contribution in [1.82, 2.24) is 4.98 Å². The minimum atomic E-state index is -0.574. The van der Waals surface area contributed by atoms with Gasteiger partial charge >= 0.3 is 5.97 Å². The number of halogens is 1. The first-order valence-corrected chi connectivity index (χ1v) is 6.24. The van der Waals surface area contributed by atoms with E-state index in [2.05, 4.69) is 15.0 Å². The van der Waals surface area contributed by atoms with E-state index < -0.39 is 5.97 Å². The Hall–Kier alpha value is -2.78. The van der Waals surface area contributed by atoms with Crippen LogP contribution in [0.25, 0.3) is 0 Å². The molecule has 0 unspecified atom stereocenters. The summed E-state index contributed by atoms with van der Waals surface area (Å²) >= 11 is 6.05. The molecule has 106 valence electrons. The lowest BCUT2D eigenvalue weighted by atomic mass is 10.2. The number of anilines is 3. The summed E-state index contributed by atoms with van der Waals surface area (Å²) in [6.07, 6.45) is 0. The second-order valence-electron chi connectivity index (χ2n) is 4.06. The van der Waals surface area contributed by atoms with Crippen LogP contribution in [0.1, 0.15) is 16.1 Å². The largest absolute Gasteiger partial charge is 0.464 e. The molecule has 0 radical (unpaired) electrons. The third-order valence-electron chi connectivity index (χ3n) is 2.67. The molecule has 7 heteroatoms. The fraction of sp³-hybridized carbons (Fsp3) is 0.0714. The highest BCUT2D eigenvalue weighted by Crippen LogP contribution is 2.28. The number of benzene rings is 1. The third-order valence-corrected chi connectivity index (χ3v) is 3.00. The molecular formula is C14H11ClN4O2. The molecule has 21 heavy (non-hydrogen) atoms. The van der Waals surface area contributed by atoms with Gasteiger partial charge < -0.3 is 15.8 Å². The maximum Gasteiger partial charge on any atom is 0.356 e. The quantitative estimate of drug-likeness (QED) is 0.845. The van der Waals surface area contributed by atoms with Gasteiger partial charge in [0.2, 0.25) is 0 Å². The number of hydrogen-bond donors (Lipinski definition) is 2. The number of hydrogen-bond acceptors (Lipinski definition) is 6. The molecule has 0 amide bonds. The molecule has 0 saturated heterocycles. The van der Waals surface area contributed by atoms with Gasteiger partial charge in [-0.05, 0) is 30.3 Å². The summed E-state index contributed by atoms with van der Waals surface area (Å²) in [5.41, 5.74) is 7.17. The van der Waals surface area contributed by atoms with E-state index in [0.717, 1.165) is 0 Å². The fourth-order valence-electron chi connectivity index (χ4n) is 1.61. The van der Waals surface area contributed by atoms with Crippen molar-refractivity contribution in [2.75, 3.05) is 18.2 Å². The van der Waals surface area contributed by atoms with Gasteiger partial charge in [0.05, 0.1) is 35.1 Å². The standard InChI is InChI=1S/C14H11ClN4O2/c1-21-14(20)11-5-4-10(17)13(18-11)19-12-6-8(7-16)2-3-9(12)15/h2-6H,17H2,1H3,(H,18,19). The van der Waals surface area contributed by atoms with Crippen molar-refractivity contribution in [1.29, 1.82) is 5.26 Å².